The summed E-state index contributed by atoms with van der Waals surface area (Å²) >= 11 is 0. The molecule has 0 aliphatic carbocycles. The minimum Gasteiger partial charge on any atom is -0.493 e. The highest BCUT2D eigenvalue weighted by atomic mass is 19.1. The zero-order chi connectivity index (χ0) is 25.8. The Morgan fingerprint density at radius 2 is 1.60 bits per heavy atom. The minimum absolute atomic E-state index is 0.0138. The Labute approximate surface area is 209 Å². The van der Waals surface area contributed by atoms with E-state index in [1.165, 1.54) is 19.1 Å². The maximum atomic E-state index is 12.9. The van der Waals surface area contributed by atoms with Gasteiger partial charge < -0.3 is 19.9 Å². The van der Waals surface area contributed by atoms with E-state index in [9.17, 15) is 14.0 Å². The summed E-state index contributed by atoms with van der Waals surface area (Å²) in [6.45, 7) is 11.3. The van der Waals surface area contributed by atoms with Crippen LogP contribution in [0.1, 0.15) is 51.7 Å². The Bertz CT molecular complexity index is 908. The SMILES string of the molecule is CC(=O)N(Cc1ccc(F)cc1)C1CCN(C)CC1.CC(=O)NCc1ccc(OCC(C)C)cc1. The first-order valence-corrected chi connectivity index (χ1v) is 12.3. The molecule has 1 N–H and O–H groups in total. The van der Waals surface area contributed by atoms with Gasteiger partial charge in [-0.2, -0.15) is 0 Å². The van der Waals surface area contributed by atoms with Crippen molar-refractivity contribution in [3.05, 3.63) is 65.5 Å². The van der Waals surface area contributed by atoms with Gasteiger partial charge in [-0.25, -0.2) is 4.39 Å². The fourth-order valence-corrected chi connectivity index (χ4v) is 3.78. The number of rotatable bonds is 8. The van der Waals surface area contributed by atoms with Crippen LogP contribution in [-0.4, -0.2) is 54.4 Å². The zero-order valence-corrected chi connectivity index (χ0v) is 21.7. The van der Waals surface area contributed by atoms with Gasteiger partial charge in [-0.3, -0.25) is 9.59 Å². The van der Waals surface area contributed by atoms with Crippen LogP contribution in [0.4, 0.5) is 4.39 Å². The van der Waals surface area contributed by atoms with Gasteiger partial charge in [-0.1, -0.05) is 38.1 Å². The van der Waals surface area contributed by atoms with Crippen molar-refractivity contribution in [1.29, 1.82) is 0 Å². The molecule has 0 aromatic heterocycles. The van der Waals surface area contributed by atoms with Gasteiger partial charge in [0.1, 0.15) is 11.6 Å². The fourth-order valence-electron chi connectivity index (χ4n) is 3.78. The molecule has 0 saturated carbocycles. The molecule has 1 aliphatic heterocycles. The first kappa shape index (κ1) is 28.3. The summed E-state index contributed by atoms with van der Waals surface area (Å²) in [7, 11) is 2.11. The van der Waals surface area contributed by atoms with Crippen LogP contribution in [0.3, 0.4) is 0 Å². The molecular formula is C28H40FN3O3. The third-order valence-corrected chi connectivity index (χ3v) is 5.85. The van der Waals surface area contributed by atoms with E-state index >= 15 is 0 Å². The van der Waals surface area contributed by atoms with E-state index in [0.29, 0.717) is 25.0 Å². The Hall–Kier alpha value is -2.93. The van der Waals surface area contributed by atoms with Crippen LogP contribution in [0.5, 0.6) is 5.75 Å². The lowest BCUT2D eigenvalue weighted by Gasteiger charge is -2.37. The molecule has 1 saturated heterocycles. The van der Waals surface area contributed by atoms with Crippen molar-refractivity contribution in [2.45, 2.75) is 59.7 Å². The van der Waals surface area contributed by atoms with Gasteiger partial charge in [0.2, 0.25) is 11.8 Å². The number of halogens is 1. The molecule has 1 fully saturated rings. The van der Waals surface area contributed by atoms with E-state index in [1.807, 2.05) is 29.2 Å². The van der Waals surface area contributed by atoms with Gasteiger partial charge in [0.25, 0.3) is 0 Å². The summed E-state index contributed by atoms with van der Waals surface area (Å²) < 4.78 is 18.5. The van der Waals surface area contributed by atoms with Gasteiger partial charge in [-0.05, 0) is 74.3 Å². The second kappa shape index (κ2) is 14.5. The van der Waals surface area contributed by atoms with E-state index < -0.39 is 0 Å². The Morgan fingerprint density at radius 1 is 1.03 bits per heavy atom. The average Bonchev–Trinajstić information content (AvgIpc) is 2.82. The number of carbonyl (C=O) groups is 2. The lowest BCUT2D eigenvalue weighted by atomic mass is 10.0. The highest BCUT2D eigenvalue weighted by molar-refractivity contribution is 5.73. The molecule has 2 amide bonds. The van der Waals surface area contributed by atoms with E-state index in [0.717, 1.165) is 49.4 Å². The molecule has 0 bridgehead atoms. The summed E-state index contributed by atoms with van der Waals surface area (Å²) in [4.78, 5) is 26.8. The molecule has 0 spiro atoms. The fraction of sp³-hybridized carbons (Fsp3) is 0.500. The molecule has 1 aliphatic rings. The number of ether oxygens (including phenoxy) is 1. The van der Waals surface area contributed by atoms with E-state index in [2.05, 4.69) is 31.1 Å². The maximum Gasteiger partial charge on any atom is 0.219 e. The molecule has 0 atom stereocenters. The Morgan fingerprint density at radius 3 is 2.11 bits per heavy atom. The predicted molar refractivity (Wildman–Crippen MR) is 137 cm³/mol. The normalized spacial score (nSPS) is 14.1. The monoisotopic (exact) mass is 485 g/mol. The van der Waals surface area contributed by atoms with Crippen molar-refractivity contribution >= 4 is 11.8 Å². The van der Waals surface area contributed by atoms with Crippen LogP contribution in [0.25, 0.3) is 0 Å². The van der Waals surface area contributed by atoms with Crippen molar-refractivity contribution < 1.29 is 18.7 Å². The third-order valence-electron chi connectivity index (χ3n) is 5.85. The molecule has 1 heterocycles. The van der Waals surface area contributed by atoms with Crippen molar-refractivity contribution in [2.24, 2.45) is 5.92 Å². The summed E-state index contributed by atoms with van der Waals surface area (Å²) in [6, 6.07) is 14.5. The quantitative estimate of drug-likeness (QED) is 0.592. The van der Waals surface area contributed by atoms with Gasteiger partial charge >= 0.3 is 0 Å². The van der Waals surface area contributed by atoms with Gasteiger partial charge in [0.05, 0.1) is 6.61 Å². The van der Waals surface area contributed by atoms with Crippen molar-refractivity contribution in [2.75, 3.05) is 26.7 Å². The molecule has 0 unspecified atom stereocenters. The topological polar surface area (TPSA) is 61.9 Å². The summed E-state index contributed by atoms with van der Waals surface area (Å²) in [5, 5.41) is 2.75. The van der Waals surface area contributed by atoms with E-state index in [4.69, 9.17) is 4.74 Å². The number of likely N-dealkylation sites (tertiary alicyclic amines) is 1. The number of hydrogen-bond donors (Lipinski definition) is 1. The highest BCUT2D eigenvalue weighted by Crippen LogP contribution is 2.19. The lowest BCUT2D eigenvalue weighted by Crippen LogP contribution is -2.45. The van der Waals surface area contributed by atoms with Crippen molar-refractivity contribution in [3.63, 3.8) is 0 Å². The molecule has 192 valence electrons. The minimum atomic E-state index is -0.239. The molecule has 3 rings (SSSR count). The second-order valence-corrected chi connectivity index (χ2v) is 9.57. The molecule has 2 aromatic rings. The summed E-state index contributed by atoms with van der Waals surface area (Å²) in [5.74, 6) is 1.25. The van der Waals surface area contributed by atoms with Crippen LogP contribution < -0.4 is 10.1 Å². The van der Waals surface area contributed by atoms with Crippen LogP contribution >= 0.6 is 0 Å². The maximum absolute atomic E-state index is 12.9. The van der Waals surface area contributed by atoms with Crippen LogP contribution in [-0.2, 0) is 22.7 Å². The number of hydrogen-bond acceptors (Lipinski definition) is 4. The Balaban J connectivity index is 0.000000251. The first-order chi connectivity index (χ1) is 16.6. The summed E-state index contributed by atoms with van der Waals surface area (Å²) in [5.41, 5.74) is 2.06. The van der Waals surface area contributed by atoms with E-state index in [-0.39, 0.29) is 17.6 Å². The van der Waals surface area contributed by atoms with E-state index in [1.54, 1.807) is 19.1 Å². The smallest absolute Gasteiger partial charge is 0.219 e. The molecule has 6 nitrogen and oxygen atoms in total. The van der Waals surface area contributed by atoms with Crippen molar-refractivity contribution in [3.8, 4) is 5.75 Å². The number of piperidine rings is 1. The van der Waals surface area contributed by atoms with Gasteiger partial charge in [0, 0.05) is 33.0 Å². The van der Waals surface area contributed by atoms with Crippen molar-refractivity contribution in [1.82, 2.24) is 15.1 Å². The Kier molecular flexibility index (Phi) is 11.7. The van der Waals surface area contributed by atoms with Crippen LogP contribution in [0.15, 0.2) is 48.5 Å². The molecule has 35 heavy (non-hydrogen) atoms. The number of carbonyl (C=O) groups excluding carboxylic acids is 2. The number of amides is 2. The largest absolute Gasteiger partial charge is 0.493 e. The van der Waals surface area contributed by atoms with Gasteiger partial charge in [-0.15, -0.1) is 0 Å². The first-order valence-electron chi connectivity index (χ1n) is 12.3. The predicted octanol–water partition coefficient (Wildman–Crippen LogP) is 4.63. The number of nitrogens with one attached hydrogen (secondary N) is 1. The molecule has 0 radical (unpaired) electrons. The lowest BCUT2D eigenvalue weighted by molar-refractivity contribution is -0.132. The van der Waals surface area contributed by atoms with Crippen LogP contribution in [0.2, 0.25) is 0 Å². The van der Waals surface area contributed by atoms with Crippen LogP contribution in [0, 0.1) is 11.7 Å². The zero-order valence-electron chi connectivity index (χ0n) is 21.7. The third kappa shape index (κ3) is 10.9. The summed E-state index contributed by atoms with van der Waals surface area (Å²) in [6.07, 6.45) is 2.02. The highest BCUT2D eigenvalue weighted by Gasteiger charge is 2.24. The second-order valence-electron chi connectivity index (χ2n) is 9.57. The standard InChI is InChI=1S/C15H21FN2O.C13H19NO2/c1-12(19)18(15-7-9-17(2)10-8-15)11-13-3-5-14(16)6-4-13;1-10(2)9-16-13-6-4-12(5-7-13)8-14-11(3)15/h3-6,15H,7-11H2,1-2H3;4-7,10H,8-9H2,1-3H3,(H,14,15). The van der Waals surface area contributed by atoms with Gasteiger partial charge in [0.15, 0.2) is 0 Å². The molecular weight excluding hydrogens is 445 g/mol. The molecule has 7 heteroatoms. The average molecular weight is 486 g/mol. The molecule has 2 aromatic carbocycles. The number of benzene rings is 2. The number of nitrogens with zero attached hydrogens (tertiary/aromatic N) is 2.